The highest BCUT2D eigenvalue weighted by atomic mass is 79.9. The van der Waals surface area contributed by atoms with E-state index in [0.29, 0.717) is 6.54 Å². The first-order valence-corrected chi connectivity index (χ1v) is 6.86. The second-order valence-electron chi connectivity index (χ2n) is 3.40. The number of nitrogens with two attached hydrogens (primary N) is 1. The van der Waals surface area contributed by atoms with Gasteiger partial charge in [-0.15, -0.1) is 0 Å². The molecule has 0 amide bonds. The Kier molecular flexibility index (Phi) is 4.53. The first kappa shape index (κ1) is 12.5. The lowest BCUT2D eigenvalue weighted by atomic mass is 10.1. The third-order valence-electron chi connectivity index (χ3n) is 2.26. The third kappa shape index (κ3) is 3.28. The van der Waals surface area contributed by atoms with E-state index in [-0.39, 0.29) is 5.25 Å². The minimum atomic E-state index is 0.160. The quantitative estimate of drug-likeness (QED) is 0.696. The fourth-order valence-electron chi connectivity index (χ4n) is 1.45. The van der Waals surface area contributed by atoms with E-state index in [2.05, 4.69) is 32.0 Å². The molecule has 1 unspecified atom stereocenters. The molecule has 2 aromatic rings. The van der Waals surface area contributed by atoms with Crippen molar-refractivity contribution in [2.24, 2.45) is 5.73 Å². The molecule has 0 bridgehead atoms. The molecule has 1 aromatic carbocycles. The van der Waals surface area contributed by atoms with Gasteiger partial charge in [0.2, 0.25) is 0 Å². The van der Waals surface area contributed by atoms with Crippen molar-refractivity contribution in [3.63, 3.8) is 0 Å². The summed E-state index contributed by atoms with van der Waals surface area (Å²) in [7, 11) is 0. The van der Waals surface area contributed by atoms with E-state index >= 15 is 0 Å². The Labute approximate surface area is 113 Å². The normalized spacial score (nSPS) is 12.4. The lowest BCUT2D eigenvalue weighted by Crippen LogP contribution is -2.10. The van der Waals surface area contributed by atoms with Crippen LogP contribution in [0.25, 0.3) is 0 Å². The molecule has 0 radical (unpaired) electrons. The van der Waals surface area contributed by atoms with E-state index in [0.717, 1.165) is 9.63 Å². The van der Waals surface area contributed by atoms with Crippen LogP contribution in [0.4, 0.5) is 0 Å². The van der Waals surface area contributed by atoms with Crippen molar-refractivity contribution < 1.29 is 0 Å². The summed E-state index contributed by atoms with van der Waals surface area (Å²) in [6, 6.07) is 9.89. The summed E-state index contributed by atoms with van der Waals surface area (Å²) < 4.78 is 1.07. The summed E-state index contributed by atoms with van der Waals surface area (Å²) in [5.74, 6) is 0. The van der Waals surface area contributed by atoms with Crippen LogP contribution in [0.2, 0.25) is 0 Å². The van der Waals surface area contributed by atoms with Gasteiger partial charge in [0, 0.05) is 23.4 Å². The van der Waals surface area contributed by atoms with Gasteiger partial charge in [0.25, 0.3) is 0 Å². The summed E-state index contributed by atoms with van der Waals surface area (Å²) in [6.07, 6.45) is 3.48. The van der Waals surface area contributed by atoms with Crippen LogP contribution in [-0.2, 0) is 0 Å². The highest BCUT2D eigenvalue weighted by Gasteiger charge is 2.15. The van der Waals surface area contributed by atoms with Gasteiger partial charge < -0.3 is 5.73 Å². The van der Waals surface area contributed by atoms with Crippen LogP contribution in [0.5, 0.6) is 0 Å². The number of thioether (sulfide) groups is 1. The molecule has 0 spiro atoms. The smallest absolute Gasteiger partial charge is 0.188 e. The lowest BCUT2D eigenvalue weighted by molar-refractivity contribution is 0.906. The molecule has 0 saturated carbocycles. The number of halogens is 1. The Hall–Kier alpha value is -0.910. The van der Waals surface area contributed by atoms with Crippen molar-refractivity contribution in [1.29, 1.82) is 0 Å². The molecule has 0 saturated heterocycles. The largest absolute Gasteiger partial charge is 0.329 e. The van der Waals surface area contributed by atoms with Crippen LogP contribution in [0.15, 0.2) is 52.4 Å². The number of aromatic nitrogens is 2. The van der Waals surface area contributed by atoms with Gasteiger partial charge in [0.1, 0.15) is 0 Å². The van der Waals surface area contributed by atoms with E-state index in [4.69, 9.17) is 5.73 Å². The highest BCUT2D eigenvalue weighted by molar-refractivity contribution is 9.10. The van der Waals surface area contributed by atoms with Gasteiger partial charge in [-0.05, 0) is 17.7 Å². The van der Waals surface area contributed by atoms with Crippen molar-refractivity contribution >= 4 is 27.7 Å². The van der Waals surface area contributed by atoms with Gasteiger partial charge in [0.05, 0.1) is 5.25 Å². The average Bonchev–Trinajstić information content (AvgIpc) is 2.38. The zero-order valence-electron chi connectivity index (χ0n) is 9.08. The second-order valence-corrected chi connectivity index (χ2v) is 5.42. The first-order chi connectivity index (χ1) is 8.31. The van der Waals surface area contributed by atoms with E-state index in [9.17, 15) is 0 Å². The topological polar surface area (TPSA) is 51.8 Å². The Bertz CT molecular complexity index is 478. The summed E-state index contributed by atoms with van der Waals surface area (Å²) in [5.41, 5.74) is 7.00. The van der Waals surface area contributed by atoms with Gasteiger partial charge in [-0.1, -0.05) is 45.9 Å². The van der Waals surface area contributed by atoms with Crippen molar-refractivity contribution in [3.05, 3.63) is 52.8 Å². The minimum absolute atomic E-state index is 0.160. The molecule has 1 aromatic heterocycles. The van der Waals surface area contributed by atoms with Crippen molar-refractivity contribution in [1.82, 2.24) is 9.97 Å². The summed E-state index contributed by atoms with van der Waals surface area (Å²) >= 11 is 5.12. The summed E-state index contributed by atoms with van der Waals surface area (Å²) in [4.78, 5) is 8.41. The number of nitrogens with zero attached hydrogens (tertiary/aromatic N) is 2. The van der Waals surface area contributed by atoms with Crippen LogP contribution in [0.1, 0.15) is 10.8 Å². The van der Waals surface area contributed by atoms with Gasteiger partial charge in [0.15, 0.2) is 5.16 Å². The second kappa shape index (κ2) is 6.14. The Morgan fingerprint density at radius 2 is 1.88 bits per heavy atom. The summed E-state index contributed by atoms with van der Waals surface area (Å²) in [5, 5.41) is 0.909. The molecule has 0 aliphatic heterocycles. The van der Waals surface area contributed by atoms with Crippen LogP contribution in [0.3, 0.4) is 0 Å². The number of hydrogen-bond donors (Lipinski definition) is 1. The summed E-state index contributed by atoms with van der Waals surface area (Å²) in [6.45, 7) is 0.547. The van der Waals surface area contributed by atoms with Gasteiger partial charge >= 0.3 is 0 Å². The fraction of sp³-hybridized carbons (Fsp3) is 0.167. The monoisotopic (exact) mass is 309 g/mol. The molecule has 3 nitrogen and oxygen atoms in total. The number of hydrogen-bond acceptors (Lipinski definition) is 4. The molecule has 0 aliphatic carbocycles. The molecule has 2 N–H and O–H groups in total. The van der Waals surface area contributed by atoms with E-state index in [1.165, 1.54) is 5.56 Å². The van der Waals surface area contributed by atoms with Crippen LogP contribution in [-0.4, -0.2) is 16.5 Å². The van der Waals surface area contributed by atoms with Gasteiger partial charge in [-0.2, -0.15) is 0 Å². The predicted molar refractivity (Wildman–Crippen MR) is 73.8 cm³/mol. The van der Waals surface area contributed by atoms with E-state index in [1.807, 2.05) is 18.2 Å². The molecule has 17 heavy (non-hydrogen) atoms. The van der Waals surface area contributed by atoms with Gasteiger partial charge in [-0.25, -0.2) is 9.97 Å². The maximum atomic E-state index is 5.82. The zero-order chi connectivity index (χ0) is 12.1. The first-order valence-electron chi connectivity index (χ1n) is 5.19. The van der Waals surface area contributed by atoms with E-state index in [1.54, 1.807) is 30.2 Å². The lowest BCUT2D eigenvalue weighted by Gasteiger charge is -2.15. The SMILES string of the molecule is NCC(Sc1ncccn1)c1ccccc1Br. The molecule has 5 heteroatoms. The standard InChI is InChI=1S/C12H12BrN3S/c13-10-5-2-1-4-9(10)11(8-14)17-12-15-6-3-7-16-12/h1-7,11H,8,14H2. The molecule has 2 rings (SSSR count). The Morgan fingerprint density at radius 1 is 1.18 bits per heavy atom. The Balaban J connectivity index is 2.21. The van der Waals surface area contributed by atoms with Gasteiger partial charge in [-0.3, -0.25) is 0 Å². The molecule has 1 atom stereocenters. The third-order valence-corrected chi connectivity index (χ3v) is 4.13. The van der Waals surface area contributed by atoms with Crippen molar-refractivity contribution in [3.8, 4) is 0 Å². The number of benzene rings is 1. The fourth-order valence-corrected chi connectivity index (χ4v) is 3.09. The molecule has 88 valence electrons. The highest BCUT2D eigenvalue weighted by Crippen LogP contribution is 2.35. The molecule has 0 fully saturated rings. The van der Waals surface area contributed by atoms with Crippen molar-refractivity contribution in [2.75, 3.05) is 6.54 Å². The zero-order valence-corrected chi connectivity index (χ0v) is 11.5. The predicted octanol–water partition coefficient (Wildman–Crippen LogP) is 3.03. The van der Waals surface area contributed by atoms with Crippen LogP contribution >= 0.6 is 27.7 Å². The maximum absolute atomic E-state index is 5.82. The maximum Gasteiger partial charge on any atom is 0.188 e. The molecular weight excluding hydrogens is 298 g/mol. The number of rotatable bonds is 4. The van der Waals surface area contributed by atoms with Crippen molar-refractivity contribution in [2.45, 2.75) is 10.4 Å². The van der Waals surface area contributed by atoms with Crippen LogP contribution in [0, 0.1) is 0 Å². The average molecular weight is 310 g/mol. The van der Waals surface area contributed by atoms with Crippen LogP contribution < -0.4 is 5.73 Å². The molecule has 1 heterocycles. The molecule has 0 aliphatic rings. The molecular formula is C12H12BrN3S. The minimum Gasteiger partial charge on any atom is -0.329 e. The Morgan fingerprint density at radius 3 is 2.53 bits per heavy atom. The van der Waals surface area contributed by atoms with E-state index < -0.39 is 0 Å².